The monoisotopic (exact) mass is 403 g/mol. The molecule has 1 N–H and O–H groups in total. The smallest absolute Gasteiger partial charge is 0.124 e. The van der Waals surface area contributed by atoms with Crippen molar-refractivity contribution >= 4 is 28.1 Å². The molecule has 0 spiro atoms. The minimum atomic E-state index is 0.499. The highest BCUT2D eigenvalue weighted by atomic mass is 35.5. The highest BCUT2D eigenvalue weighted by Crippen LogP contribution is 2.27. The molecule has 0 saturated heterocycles. The molecule has 0 saturated carbocycles. The lowest BCUT2D eigenvalue weighted by Crippen LogP contribution is -2.04. The van der Waals surface area contributed by atoms with Crippen LogP contribution in [0.5, 0.6) is 11.5 Å². The molecule has 0 aliphatic carbocycles. The molecule has 0 aliphatic rings. The Labute approximate surface area is 175 Å². The van der Waals surface area contributed by atoms with Gasteiger partial charge in [0.05, 0.1) is 7.11 Å². The summed E-state index contributed by atoms with van der Waals surface area (Å²) in [5, 5.41) is 6.53. The van der Waals surface area contributed by atoms with Crippen molar-refractivity contribution in [1.82, 2.24) is 0 Å². The number of hydrogen-bond donors (Lipinski definition) is 1. The van der Waals surface area contributed by atoms with Crippen LogP contribution in [0.25, 0.3) is 10.8 Å². The summed E-state index contributed by atoms with van der Waals surface area (Å²) >= 11 is 6.23. The van der Waals surface area contributed by atoms with Gasteiger partial charge in [-0.1, -0.05) is 54.1 Å². The zero-order valence-electron chi connectivity index (χ0n) is 16.2. The lowest BCUT2D eigenvalue weighted by atomic mass is 10.1. The first-order chi connectivity index (χ1) is 14.2. The molecule has 0 heterocycles. The summed E-state index contributed by atoms with van der Waals surface area (Å²) in [6.45, 7) is 1.11. The molecular weight excluding hydrogens is 382 g/mol. The molecule has 3 nitrogen and oxygen atoms in total. The number of nitrogens with one attached hydrogen (secondary N) is 1. The van der Waals surface area contributed by atoms with Crippen LogP contribution >= 0.6 is 11.6 Å². The van der Waals surface area contributed by atoms with Gasteiger partial charge in [-0.3, -0.25) is 0 Å². The maximum atomic E-state index is 6.23. The summed E-state index contributed by atoms with van der Waals surface area (Å²) in [6, 6.07) is 28.2. The molecule has 0 unspecified atom stereocenters. The van der Waals surface area contributed by atoms with E-state index in [2.05, 4.69) is 47.8 Å². The van der Waals surface area contributed by atoms with E-state index in [9.17, 15) is 0 Å². The molecule has 0 fully saturated rings. The van der Waals surface area contributed by atoms with Gasteiger partial charge in [-0.15, -0.1) is 0 Å². The normalized spacial score (nSPS) is 10.7. The molecule has 146 valence electrons. The van der Waals surface area contributed by atoms with Crippen LogP contribution in [0.3, 0.4) is 0 Å². The summed E-state index contributed by atoms with van der Waals surface area (Å²) in [4.78, 5) is 0. The number of hydrogen-bond acceptors (Lipinski definition) is 3. The van der Waals surface area contributed by atoms with E-state index in [1.807, 2.05) is 42.5 Å². The molecule has 0 aromatic heterocycles. The Bertz CT molecular complexity index is 1100. The Hall–Kier alpha value is -3.17. The third-order valence-electron chi connectivity index (χ3n) is 4.86. The number of anilines is 1. The lowest BCUT2D eigenvalue weighted by molar-refractivity contribution is 0.305. The second kappa shape index (κ2) is 8.89. The van der Waals surface area contributed by atoms with Crippen molar-refractivity contribution in [2.24, 2.45) is 0 Å². The van der Waals surface area contributed by atoms with E-state index < -0.39 is 0 Å². The van der Waals surface area contributed by atoms with Gasteiger partial charge in [-0.05, 0) is 58.8 Å². The van der Waals surface area contributed by atoms with Gasteiger partial charge >= 0.3 is 0 Å². The molecule has 4 heteroatoms. The first-order valence-corrected chi connectivity index (χ1v) is 9.86. The number of benzene rings is 4. The fourth-order valence-electron chi connectivity index (χ4n) is 3.31. The molecule has 0 bridgehead atoms. The van der Waals surface area contributed by atoms with Crippen LogP contribution in [0, 0.1) is 0 Å². The van der Waals surface area contributed by atoms with Gasteiger partial charge in [0.15, 0.2) is 0 Å². The average molecular weight is 404 g/mol. The minimum Gasteiger partial charge on any atom is -0.497 e. The van der Waals surface area contributed by atoms with Crippen molar-refractivity contribution in [1.29, 1.82) is 0 Å². The fraction of sp³-hybridized carbons (Fsp3) is 0.120. The Kier molecular flexibility index (Phi) is 5.87. The van der Waals surface area contributed by atoms with Gasteiger partial charge in [0.1, 0.15) is 18.1 Å². The maximum absolute atomic E-state index is 6.23. The summed E-state index contributed by atoms with van der Waals surface area (Å²) in [7, 11) is 1.66. The number of fused-ring (bicyclic) bond motifs is 1. The van der Waals surface area contributed by atoms with Crippen molar-refractivity contribution in [3.63, 3.8) is 0 Å². The van der Waals surface area contributed by atoms with Crippen molar-refractivity contribution in [2.45, 2.75) is 13.2 Å². The molecule has 0 aliphatic heterocycles. The van der Waals surface area contributed by atoms with Gasteiger partial charge in [0, 0.05) is 22.8 Å². The van der Waals surface area contributed by atoms with E-state index in [0.29, 0.717) is 18.2 Å². The lowest BCUT2D eigenvalue weighted by Gasteiger charge is -2.15. The topological polar surface area (TPSA) is 30.5 Å². The van der Waals surface area contributed by atoms with Gasteiger partial charge in [-0.25, -0.2) is 0 Å². The molecule has 0 atom stereocenters. The maximum Gasteiger partial charge on any atom is 0.124 e. The summed E-state index contributed by atoms with van der Waals surface area (Å²) in [5.41, 5.74) is 3.17. The SMILES string of the molecule is COc1ccc(NCc2cc(Cl)ccc2OCc2cccc3ccccc23)cc1. The Balaban J connectivity index is 1.50. The van der Waals surface area contributed by atoms with Crippen LogP contribution in [0.1, 0.15) is 11.1 Å². The van der Waals surface area contributed by atoms with Crippen LogP contribution in [0.2, 0.25) is 5.02 Å². The number of methoxy groups -OCH3 is 1. The van der Waals surface area contributed by atoms with Gasteiger partial charge in [0.25, 0.3) is 0 Å². The standard InChI is InChI=1S/C25H22ClNO2/c1-28-23-12-10-22(11-13-23)27-16-20-15-21(26)9-14-25(20)29-17-19-7-4-6-18-5-2-3-8-24(18)19/h2-15,27H,16-17H2,1H3. The molecule has 4 rings (SSSR count). The van der Waals surface area contributed by atoms with Crippen LogP contribution in [0.4, 0.5) is 5.69 Å². The third kappa shape index (κ3) is 4.64. The molecule has 4 aromatic rings. The second-order valence-electron chi connectivity index (χ2n) is 6.76. The van der Waals surface area contributed by atoms with Crippen molar-refractivity contribution in [3.05, 3.63) is 101 Å². The average Bonchev–Trinajstić information content (AvgIpc) is 2.77. The number of ether oxygens (including phenoxy) is 2. The molecule has 0 radical (unpaired) electrons. The second-order valence-corrected chi connectivity index (χ2v) is 7.20. The highest BCUT2D eigenvalue weighted by Gasteiger charge is 2.07. The van der Waals surface area contributed by atoms with Crippen LogP contribution in [-0.2, 0) is 13.2 Å². The third-order valence-corrected chi connectivity index (χ3v) is 5.09. The molecule has 4 aromatic carbocycles. The fourth-order valence-corrected chi connectivity index (χ4v) is 3.50. The molecular formula is C25H22ClNO2. The predicted molar refractivity (Wildman–Crippen MR) is 120 cm³/mol. The van der Waals surface area contributed by atoms with E-state index >= 15 is 0 Å². The molecule has 0 amide bonds. The predicted octanol–water partition coefficient (Wildman–Crippen LogP) is 6.69. The number of rotatable bonds is 7. The summed E-state index contributed by atoms with van der Waals surface area (Å²) in [6.07, 6.45) is 0. The zero-order chi connectivity index (χ0) is 20.1. The van der Waals surface area contributed by atoms with Crippen LogP contribution < -0.4 is 14.8 Å². The van der Waals surface area contributed by atoms with E-state index in [-0.39, 0.29) is 0 Å². The largest absolute Gasteiger partial charge is 0.497 e. The highest BCUT2D eigenvalue weighted by molar-refractivity contribution is 6.30. The summed E-state index contributed by atoms with van der Waals surface area (Å²) in [5.74, 6) is 1.65. The minimum absolute atomic E-state index is 0.499. The number of halogens is 1. The first kappa shape index (κ1) is 19.2. The zero-order valence-corrected chi connectivity index (χ0v) is 16.9. The first-order valence-electron chi connectivity index (χ1n) is 9.49. The van der Waals surface area contributed by atoms with Crippen molar-refractivity contribution < 1.29 is 9.47 Å². The Morgan fingerprint density at radius 3 is 2.45 bits per heavy atom. The van der Waals surface area contributed by atoms with E-state index in [0.717, 1.165) is 28.3 Å². The Morgan fingerprint density at radius 2 is 1.62 bits per heavy atom. The quantitative estimate of drug-likeness (QED) is 0.372. The van der Waals surface area contributed by atoms with Gasteiger partial charge in [-0.2, -0.15) is 0 Å². The van der Waals surface area contributed by atoms with Crippen LogP contribution in [0.15, 0.2) is 84.9 Å². The van der Waals surface area contributed by atoms with E-state index in [1.54, 1.807) is 7.11 Å². The van der Waals surface area contributed by atoms with Gasteiger partial charge in [0.2, 0.25) is 0 Å². The van der Waals surface area contributed by atoms with Crippen molar-refractivity contribution in [3.8, 4) is 11.5 Å². The Morgan fingerprint density at radius 1 is 0.828 bits per heavy atom. The summed E-state index contributed by atoms with van der Waals surface area (Å²) < 4.78 is 11.4. The van der Waals surface area contributed by atoms with Gasteiger partial charge < -0.3 is 14.8 Å². The van der Waals surface area contributed by atoms with E-state index in [1.165, 1.54) is 10.8 Å². The van der Waals surface area contributed by atoms with Crippen molar-refractivity contribution in [2.75, 3.05) is 12.4 Å². The van der Waals surface area contributed by atoms with Crippen LogP contribution in [-0.4, -0.2) is 7.11 Å². The van der Waals surface area contributed by atoms with E-state index in [4.69, 9.17) is 21.1 Å². The molecule has 29 heavy (non-hydrogen) atoms.